The average molecular weight is 276 g/mol. The fourth-order valence-electron chi connectivity index (χ4n) is 2.67. The normalized spacial score (nSPS) is 21.8. The SMILES string of the molecule is c1cc(NN2CCOCC2)ccc1CN1CCNCC1. The quantitative estimate of drug-likeness (QED) is 0.849. The van der Waals surface area contributed by atoms with E-state index >= 15 is 0 Å². The fraction of sp³-hybridized carbons (Fsp3) is 0.600. The minimum atomic E-state index is 0.814. The van der Waals surface area contributed by atoms with Gasteiger partial charge in [0.1, 0.15) is 0 Å². The van der Waals surface area contributed by atoms with Crippen LogP contribution in [0.1, 0.15) is 5.56 Å². The van der Waals surface area contributed by atoms with E-state index in [4.69, 9.17) is 4.74 Å². The number of anilines is 1. The molecular weight excluding hydrogens is 252 g/mol. The molecule has 110 valence electrons. The van der Waals surface area contributed by atoms with Gasteiger partial charge in [0.25, 0.3) is 0 Å². The van der Waals surface area contributed by atoms with Crippen LogP contribution < -0.4 is 10.7 Å². The van der Waals surface area contributed by atoms with E-state index in [1.165, 1.54) is 5.56 Å². The Hall–Kier alpha value is -1.14. The molecule has 0 bridgehead atoms. The fourth-order valence-corrected chi connectivity index (χ4v) is 2.67. The monoisotopic (exact) mass is 276 g/mol. The van der Waals surface area contributed by atoms with Gasteiger partial charge in [0.05, 0.1) is 13.2 Å². The van der Waals surface area contributed by atoms with Gasteiger partial charge in [-0.1, -0.05) is 12.1 Å². The zero-order chi connectivity index (χ0) is 13.6. The molecule has 2 aliphatic heterocycles. The molecule has 0 aromatic heterocycles. The van der Waals surface area contributed by atoms with Crippen molar-refractivity contribution in [2.45, 2.75) is 6.54 Å². The number of benzene rings is 1. The van der Waals surface area contributed by atoms with Gasteiger partial charge in [-0.15, -0.1) is 0 Å². The van der Waals surface area contributed by atoms with Gasteiger partial charge in [0, 0.05) is 51.5 Å². The smallest absolute Gasteiger partial charge is 0.0612 e. The first-order chi connectivity index (χ1) is 9.90. The Balaban J connectivity index is 1.51. The molecule has 2 aliphatic rings. The molecule has 0 aliphatic carbocycles. The summed E-state index contributed by atoms with van der Waals surface area (Å²) in [7, 11) is 0. The number of nitrogens with one attached hydrogen (secondary N) is 2. The van der Waals surface area contributed by atoms with Crippen molar-refractivity contribution in [3.8, 4) is 0 Å². The third kappa shape index (κ3) is 3.93. The van der Waals surface area contributed by atoms with Gasteiger partial charge in [-0.2, -0.15) is 0 Å². The number of morpholine rings is 1. The predicted octanol–water partition coefficient (Wildman–Crippen LogP) is 0.751. The Kier molecular flexibility index (Phi) is 4.86. The first kappa shape index (κ1) is 13.8. The molecule has 0 radical (unpaired) electrons. The van der Waals surface area contributed by atoms with E-state index in [1.54, 1.807) is 0 Å². The number of hydrogen-bond donors (Lipinski definition) is 2. The van der Waals surface area contributed by atoms with Crippen LogP contribution in [0.4, 0.5) is 5.69 Å². The summed E-state index contributed by atoms with van der Waals surface area (Å²) >= 11 is 0. The Labute approximate surface area is 120 Å². The van der Waals surface area contributed by atoms with Crippen LogP contribution in [-0.4, -0.2) is 62.4 Å². The van der Waals surface area contributed by atoms with Crippen molar-refractivity contribution in [2.24, 2.45) is 0 Å². The molecule has 5 heteroatoms. The van der Waals surface area contributed by atoms with E-state index in [1.807, 2.05) is 0 Å². The summed E-state index contributed by atoms with van der Waals surface area (Å²) in [5, 5.41) is 5.60. The molecule has 1 aromatic rings. The van der Waals surface area contributed by atoms with Crippen LogP contribution in [0.5, 0.6) is 0 Å². The third-order valence-corrected chi connectivity index (χ3v) is 3.87. The Morgan fingerprint density at radius 1 is 1.00 bits per heavy atom. The molecule has 0 saturated carbocycles. The van der Waals surface area contributed by atoms with Gasteiger partial charge in [-0.05, 0) is 17.7 Å². The lowest BCUT2D eigenvalue weighted by Gasteiger charge is -2.28. The zero-order valence-electron chi connectivity index (χ0n) is 12.0. The van der Waals surface area contributed by atoms with Gasteiger partial charge >= 0.3 is 0 Å². The van der Waals surface area contributed by atoms with Crippen LogP contribution in [0.15, 0.2) is 24.3 Å². The number of rotatable bonds is 4. The summed E-state index contributed by atoms with van der Waals surface area (Å²) in [5.41, 5.74) is 5.99. The van der Waals surface area contributed by atoms with Crippen molar-refractivity contribution in [2.75, 3.05) is 57.9 Å². The van der Waals surface area contributed by atoms with Crippen LogP contribution >= 0.6 is 0 Å². The van der Waals surface area contributed by atoms with Crippen LogP contribution in [0, 0.1) is 0 Å². The standard InChI is InChI=1S/C15H24N4O/c1-3-15(17-19-9-11-20-12-10-19)4-2-14(1)13-18-7-5-16-6-8-18/h1-4,16-17H,5-13H2. The maximum absolute atomic E-state index is 5.35. The second-order valence-electron chi connectivity index (χ2n) is 5.43. The average Bonchev–Trinajstić information content (AvgIpc) is 2.51. The van der Waals surface area contributed by atoms with Gasteiger partial charge in [0.15, 0.2) is 0 Å². The first-order valence-corrected chi connectivity index (χ1v) is 7.51. The summed E-state index contributed by atoms with van der Waals surface area (Å²) in [4.78, 5) is 2.50. The molecule has 0 unspecified atom stereocenters. The molecule has 20 heavy (non-hydrogen) atoms. The zero-order valence-corrected chi connectivity index (χ0v) is 12.0. The highest BCUT2D eigenvalue weighted by Gasteiger charge is 2.11. The molecule has 0 spiro atoms. The molecule has 2 saturated heterocycles. The number of ether oxygens (including phenoxy) is 1. The second-order valence-corrected chi connectivity index (χ2v) is 5.43. The van der Waals surface area contributed by atoms with E-state index in [-0.39, 0.29) is 0 Å². The molecule has 2 fully saturated rings. The lowest BCUT2D eigenvalue weighted by molar-refractivity contribution is 0.0497. The predicted molar refractivity (Wildman–Crippen MR) is 80.6 cm³/mol. The third-order valence-electron chi connectivity index (χ3n) is 3.87. The van der Waals surface area contributed by atoms with E-state index in [2.05, 4.69) is 44.9 Å². The highest BCUT2D eigenvalue weighted by Crippen LogP contribution is 2.13. The number of piperazine rings is 1. The molecular formula is C15H24N4O. The Morgan fingerprint density at radius 3 is 2.40 bits per heavy atom. The van der Waals surface area contributed by atoms with Crippen molar-refractivity contribution in [1.29, 1.82) is 0 Å². The highest BCUT2D eigenvalue weighted by atomic mass is 16.5. The molecule has 5 nitrogen and oxygen atoms in total. The number of hydrogen-bond acceptors (Lipinski definition) is 5. The summed E-state index contributed by atoms with van der Waals surface area (Å²) < 4.78 is 5.35. The van der Waals surface area contributed by atoms with Crippen molar-refractivity contribution in [3.05, 3.63) is 29.8 Å². The lowest BCUT2D eigenvalue weighted by Crippen LogP contribution is -2.42. The van der Waals surface area contributed by atoms with Crippen LogP contribution in [0.3, 0.4) is 0 Å². The second kappa shape index (κ2) is 7.04. The molecule has 0 atom stereocenters. The molecule has 0 amide bonds. The van der Waals surface area contributed by atoms with E-state index in [0.717, 1.165) is 64.7 Å². The first-order valence-electron chi connectivity index (χ1n) is 7.51. The highest BCUT2D eigenvalue weighted by molar-refractivity contribution is 5.43. The molecule has 2 N–H and O–H groups in total. The largest absolute Gasteiger partial charge is 0.379 e. The maximum Gasteiger partial charge on any atom is 0.0612 e. The summed E-state index contributed by atoms with van der Waals surface area (Å²) in [6, 6.07) is 8.80. The van der Waals surface area contributed by atoms with Gasteiger partial charge < -0.3 is 15.5 Å². The minimum absolute atomic E-state index is 0.814. The van der Waals surface area contributed by atoms with E-state index < -0.39 is 0 Å². The van der Waals surface area contributed by atoms with Gasteiger partial charge in [0.2, 0.25) is 0 Å². The van der Waals surface area contributed by atoms with Crippen molar-refractivity contribution < 1.29 is 4.74 Å². The van der Waals surface area contributed by atoms with Crippen LogP contribution in [0.25, 0.3) is 0 Å². The van der Waals surface area contributed by atoms with Crippen molar-refractivity contribution >= 4 is 5.69 Å². The van der Waals surface area contributed by atoms with E-state index in [0.29, 0.717) is 0 Å². The summed E-state index contributed by atoms with van der Waals surface area (Å²) in [6.07, 6.45) is 0. The van der Waals surface area contributed by atoms with Gasteiger partial charge in [-0.25, -0.2) is 5.01 Å². The number of nitrogens with zero attached hydrogens (tertiary/aromatic N) is 2. The Bertz CT molecular complexity index is 358. The van der Waals surface area contributed by atoms with Crippen molar-refractivity contribution in [3.63, 3.8) is 0 Å². The summed E-state index contributed by atoms with van der Waals surface area (Å²) in [6.45, 7) is 9.08. The molecule has 1 aromatic carbocycles. The van der Waals surface area contributed by atoms with Gasteiger partial charge in [-0.3, -0.25) is 4.90 Å². The Morgan fingerprint density at radius 2 is 1.70 bits per heavy atom. The number of hydrazine groups is 1. The van der Waals surface area contributed by atoms with Crippen molar-refractivity contribution in [1.82, 2.24) is 15.2 Å². The van der Waals surface area contributed by atoms with E-state index in [9.17, 15) is 0 Å². The molecule has 3 rings (SSSR count). The lowest BCUT2D eigenvalue weighted by atomic mass is 10.2. The minimum Gasteiger partial charge on any atom is -0.379 e. The van der Waals surface area contributed by atoms with Crippen LogP contribution in [0.2, 0.25) is 0 Å². The van der Waals surface area contributed by atoms with Crippen LogP contribution in [-0.2, 0) is 11.3 Å². The summed E-state index contributed by atoms with van der Waals surface area (Å²) in [5.74, 6) is 0. The molecule has 2 heterocycles. The topological polar surface area (TPSA) is 39.8 Å². The maximum atomic E-state index is 5.35.